The number of rotatable bonds is 8. The molecule has 2 N–H and O–H groups in total. The van der Waals surface area contributed by atoms with E-state index in [2.05, 4.69) is 27.4 Å². The number of aryl methyl sites for hydroxylation is 1. The van der Waals surface area contributed by atoms with Crippen LogP contribution >= 0.6 is 23.1 Å². The van der Waals surface area contributed by atoms with Crippen molar-refractivity contribution >= 4 is 34.1 Å². The molecule has 0 saturated carbocycles. The largest absolute Gasteiger partial charge is 0.357 e. The van der Waals surface area contributed by atoms with Gasteiger partial charge in [-0.3, -0.25) is 4.79 Å². The molecule has 0 aliphatic heterocycles. The first-order valence-electron chi connectivity index (χ1n) is 6.91. The number of carbonyl (C=O) groups excluding carboxylic acids is 1. The quantitative estimate of drug-likeness (QED) is 0.565. The lowest BCUT2D eigenvalue weighted by molar-refractivity contribution is -0.118. The zero-order chi connectivity index (χ0) is 16.7. The molecule has 0 bridgehead atoms. The summed E-state index contributed by atoms with van der Waals surface area (Å²) < 4.78 is 13.9. The molecule has 23 heavy (non-hydrogen) atoms. The van der Waals surface area contributed by atoms with Crippen molar-refractivity contribution in [1.29, 1.82) is 0 Å². The van der Waals surface area contributed by atoms with E-state index in [0.29, 0.717) is 23.8 Å². The van der Waals surface area contributed by atoms with Crippen molar-refractivity contribution in [3.8, 4) is 0 Å². The van der Waals surface area contributed by atoms with Crippen molar-refractivity contribution in [2.24, 2.45) is 0 Å². The standard InChI is InChI=1S/C15H17FN4OS2/c1-3-6-17-14-19-20-15(23-14)22-9-13(21)18-8-11-4-5-12(16)10(2)7-11/h3-5,7H,1,6,8-9H2,2H3,(H,17,19)(H,18,21). The predicted octanol–water partition coefficient (Wildman–Crippen LogP) is 2.99. The number of hydrogen-bond acceptors (Lipinski definition) is 6. The number of nitrogens with zero attached hydrogens (tertiary/aromatic N) is 2. The summed E-state index contributed by atoms with van der Waals surface area (Å²) in [5.41, 5.74) is 1.44. The second-order valence-corrected chi connectivity index (χ2v) is 6.89. The molecular formula is C15H17FN4OS2. The number of carbonyl (C=O) groups is 1. The normalized spacial score (nSPS) is 10.3. The molecule has 0 fully saturated rings. The fraction of sp³-hybridized carbons (Fsp3) is 0.267. The first-order valence-corrected chi connectivity index (χ1v) is 8.71. The summed E-state index contributed by atoms with van der Waals surface area (Å²) in [5.74, 6) is -0.0865. The van der Waals surface area contributed by atoms with Gasteiger partial charge in [0.05, 0.1) is 5.75 Å². The van der Waals surface area contributed by atoms with Crippen molar-refractivity contribution in [3.05, 3.63) is 47.8 Å². The number of halogens is 1. The maximum atomic E-state index is 13.2. The van der Waals surface area contributed by atoms with Crippen LogP contribution in [0.5, 0.6) is 0 Å². The van der Waals surface area contributed by atoms with Gasteiger partial charge >= 0.3 is 0 Å². The number of thioether (sulfide) groups is 1. The summed E-state index contributed by atoms with van der Waals surface area (Å²) in [4.78, 5) is 11.8. The van der Waals surface area contributed by atoms with Crippen LogP contribution in [0.15, 0.2) is 35.2 Å². The van der Waals surface area contributed by atoms with Crippen LogP contribution in [0.1, 0.15) is 11.1 Å². The molecule has 0 aliphatic carbocycles. The highest BCUT2D eigenvalue weighted by molar-refractivity contribution is 8.01. The number of benzene rings is 1. The third-order valence-electron chi connectivity index (χ3n) is 2.84. The molecule has 8 heteroatoms. The second kappa shape index (κ2) is 8.64. The molecule has 0 aliphatic rings. The van der Waals surface area contributed by atoms with E-state index in [-0.39, 0.29) is 17.5 Å². The molecule has 1 aromatic carbocycles. The summed E-state index contributed by atoms with van der Waals surface area (Å²) >= 11 is 2.72. The minimum absolute atomic E-state index is 0.104. The van der Waals surface area contributed by atoms with Gasteiger partial charge in [0.15, 0.2) is 4.34 Å². The molecule has 1 amide bonds. The van der Waals surface area contributed by atoms with Crippen molar-refractivity contribution < 1.29 is 9.18 Å². The van der Waals surface area contributed by atoms with Crippen LogP contribution in [0.25, 0.3) is 0 Å². The van der Waals surface area contributed by atoms with Gasteiger partial charge in [0.2, 0.25) is 11.0 Å². The van der Waals surface area contributed by atoms with Crippen molar-refractivity contribution in [2.75, 3.05) is 17.6 Å². The Morgan fingerprint density at radius 1 is 1.48 bits per heavy atom. The Kier molecular flexibility index (Phi) is 6.54. The van der Waals surface area contributed by atoms with Crippen LogP contribution in [0, 0.1) is 12.7 Å². The Bertz CT molecular complexity index is 690. The van der Waals surface area contributed by atoms with Crippen molar-refractivity contribution in [1.82, 2.24) is 15.5 Å². The number of hydrogen-bond donors (Lipinski definition) is 2. The van der Waals surface area contributed by atoms with E-state index < -0.39 is 0 Å². The second-order valence-electron chi connectivity index (χ2n) is 4.69. The van der Waals surface area contributed by atoms with Gasteiger partial charge in [0, 0.05) is 13.1 Å². The number of aromatic nitrogens is 2. The van der Waals surface area contributed by atoms with Gasteiger partial charge in [-0.2, -0.15) is 0 Å². The zero-order valence-electron chi connectivity index (χ0n) is 12.6. The molecule has 1 heterocycles. The molecule has 0 unspecified atom stereocenters. The monoisotopic (exact) mass is 352 g/mol. The van der Waals surface area contributed by atoms with E-state index in [9.17, 15) is 9.18 Å². The molecule has 1 aromatic heterocycles. The Hall–Kier alpha value is -1.93. The highest BCUT2D eigenvalue weighted by Gasteiger charge is 2.08. The summed E-state index contributed by atoms with van der Waals surface area (Å²) in [6.07, 6.45) is 1.73. The Labute approximate surface area is 142 Å². The highest BCUT2D eigenvalue weighted by Crippen LogP contribution is 2.25. The van der Waals surface area contributed by atoms with Crippen molar-refractivity contribution in [2.45, 2.75) is 17.8 Å². The van der Waals surface area contributed by atoms with Crippen molar-refractivity contribution in [3.63, 3.8) is 0 Å². The minimum atomic E-state index is -0.243. The highest BCUT2D eigenvalue weighted by atomic mass is 32.2. The molecule has 0 atom stereocenters. The van der Waals surface area contributed by atoms with E-state index in [1.807, 2.05) is 0 Å². The number of anilines is 1. The first-order chi connectivity index (χ1) is 11.1. The topological polar surface area (TPSA) is 66.9 Å². The summed E-state index contributed by atoms with van der Waals surface area (Å²) in [6.45, 7) is 6.31. The Morgan fingerprint density at radius 2 is 2.30 bits per heavy atom. The lowest BCUT2D eigenvalue weighted by Crippen LogP contribution is -2.24. The van der Waals surface area contributed by atoms with Crippen LogP contribution in [0.2, 0.25) is 0 Å². The molecule has 0 saturated heterocycles. The molecule has 122 valence electrons. The van der Waals surface area contributed by atoms with Gasteiger partial charge in [-0.15, -0.1) is 16.8 Å². The average molecular weight is 352 g/mol. The Morgan fingerprint density at radius 3 is 3.04 bits per heavy atom. The predicted molar refractivity (Wildman–Crippen MR) is 92.3 cm³/mol. The molecule has 0 radical (unpaired) electrons. The van der Waals surface area contributed by atoms with E-state index in [1.54, 1.807) is 25.1 Å². The van der Waals surface area contributed by atoms with E-state index >= 15 is 0 Å². The van der Waals surface area contributed by atoms with Crippen LogP contribution in [0.4, 0.5) is 9.52 Å². The lowest BCUT2D eigenvalue weighted by atomic mass is 10.1. The van der Waals surface area contributed by atoms with E-state index in [1.165, 1.54) is 29.2 Å². The molecule has 2 aromatic rings. The van der Waals surface area contributed by atoms with Crippen LogP contribution in [0.3, 0.4) is 0 Å². The third-order valence-corrected chi connectivity index (χ3v) is 4.86. The maximum absolute atomic E-state index is 13.2. The van der Waals surface area contributed by atoms with Crippen LogP contribution in [-0.4, -0.2) is 28.4 Å². The summed E-state index contributed by atoms with van der Waals surface area (Å²) in [6, 6.07) is 4.80. The van der Waals surface area contributed by atoms with Gasteiger partial charge in [-0.1, -0.05) is 41.3 Å². The molecule has 5 nitrogen and oxygen atoms in total. The molecule has 2 rings (SSSR count). The SMILES string of the molecule is C=CCNc1nnc(SCC(=O)NCc2ccc(F)c(C)c2)s1. The van der Waals surface area contributed by atoms with Crippen LogP contribution < -0.4 is 10.6 Å². The average Bonchev–Trinajstić information content (AvgIpc) is 3.00. The summed E-state index contributed by atoms with van der Waals surface area (Å²) in [5, 5.41) is 14.5. The lowest BCUT2D eigenvalue weighted by Gasteiger charge is -2.05. The molecular weight excluding hydrogens is 335 g/mol. The fourth-order valence-electron chi connectivity index (χ4n) is 1.69. The third kappa shape index (κ3) is 5.65. The van der Waals surface area contributed by atoms with Gasteiger partial charge in [-0.25, -0.2) is 4.39 Å². The fourth-order valence-corrected chi connectivity index (χ4v) is 3.28. The van der Waals surface area contributed by atoms with E-state index in [4.69, 9.17) is 0 Å². The van der Waals surface area contributed by atoms with Gasteiger partial charge < -0.3 is 10.6 Å². The minimum Gasteiger partial charge on any atom is -0.357 e. The Balaban J connectivity index is 1.75. The smallest absolute Gasteiger partial charge is 0.230 e. The van der Waals surface area contributed by atoms with E-state index in [0.717, 1.165) is 9.90 Å². The zero-order valence-corrected chi connectivity index (χ0v) is 14.3. The van der Waals surface area contributed by atoms with Gasteiger partial charge in [0.1, 0.15) is 5.82 Å². The van der Waals surface area contributed by atoms with Gasteiger partial charge in [0.25, 0.3) is 0 Å². The first kappa shape index (κ1) is 17.4. The number of nitrogens with one attached hydrogen (secondary N) is 2. The molecule has 0 spiro atoms. The van der Waals surface area contributed by atoms with Crippen LogP contribution in [-0.2, 0) is 11.3 Å². The van der Waals surface area contributed by atoms with Gasteiger partial charge in [-0.05, 0) is 24.1 Å². The summed E-state index contributed by atoms with van der Waals surface area (Å²) in [7, 11) is 0. The number of amides is 1. The maximum Gasteiger partial charge on any atom is 0.230 e.